The van der Waals surface area contributed by atoms with Gasteiger partial charge >= 0.3 is 0 Å². The van der Waals surface area contributed by atoms with E-state index in [1.807, 2.05) is 13.0 Å². The Morgan fingerprint density at radius 3 is 2.75 bits per heavy atom. The molecule has 1 heterocycles. The quantitative estimate of drug-likeness (QED) is 0.792. The molecule has 0 spiro atoms. The molecule has 0 amide bonds. The summed E-state index contributed by atoms with van der Waals surface area (Å²) in [5, 5.41) is 0.425. The molecule has 1 aromatic carbocycles. The van der Waals surface area contributed by atoms with Gasteiger partial charge in [0, 0.05) is 29.0 Å². The van der Waals surface area contributed by atoms with E-state index in [0.29, 0.717) is 35.0 Å². The normalized spacial score (nSPS) is 10.2. The van der Waals surface area contributed by atoms with Gasteiger partial charge in [0.1, 0.15) is 6.61 Å². The first-order chi connectivity index (χ1) is 9.63. The largest absolute Gasteiger partial charge is 0.493 e. The zero-order valence-corrected chi connectivity index (χ0v) is 12.0. The van der Waals surface area contributed by atoms with E-state index in [9.17, 15) is 4.79 Å². The number of ether oxygens (including phenoxy) is 2. The minimum atomic E-state index is 0.299. The fraction of sp³-hybridized carbons (Fsp3) is 0.200. The van der Waals surface area contributed by atoms with Gasteiger partial charge in [-0.25, -0.2) is 0 Å². The Balaban J connectivity index is 2.26. The van der Waals surface area contributed by atoms with Crippen molar-refractivity contribution in [2.75, 3.05) is 7.11 Å². The average molecular weight is 292 g/mol. The van der Waals surface area contributed by atoms with E-state index in [2.05, 4.69) is 4.98 Å². The molecule has 2 rings (SSSR count). The van der Waals surface area contributed by atoms with Gasteiger partial charge in [-0.15, -0.1) is 0 Å². The highest BCUT2D eigenvalue weighted by atomic mass is 35.5. The van der Waals surface area contributed by atoms with Crippen molar-refractivity contribution >= 4 is 17.9 Å². The lowest BCUT2D eigenvalue weighted by molar-refractivity contribution is 0.111. The fourth-order valence-electron chi connectivity index (χ4n) is 1.83. The number of hydrogen-bond acceptors (Lipinski definition) is 4. The van der Waals surface area contributed by atoms with Gasteiger partial charge in [-0.3, -0.25) is 9.78 Å². The van der Waals surface area contributed by atoms with Crippen LogP contribution in [0.2, 0.25) is 5.02 Å². The first kappa shape index (κ1) is 14.3. The summed E-state index contributed by atoms with van der Waals surface area (Å²) < 4.78 is 10.9. The predicted octanol–water partition coefficient (Wildman–Crippen LogP) is 3.44. The van der Waals surface area contributed by atoms with E-state index >= 15 is 0 Å². The number of aryl methyl sites for hydroxylation is 1. The van der Waals surface area contributed by atoms with Crippen LogP contribution < -0.4 is 9.47 Å². The van der Waals surface area contributed by atoms with Crippen molar-refractivity contribution < 1.29 is 14.3 Å². The molecule has 20 heavy (non-hydrogen) atoms. The maximum absolute atomic E-state index is 11.1. The number of halogens is 1. The van der Waals surface area contributed by atoms with Crippen molar-refractivity contribution in [2.24, 2.45) is 0 Å². The van der Waals surface area contributed by atoms with Crippen LogP contribution in [-0.2, 0) is 6.61 Å². The molecule has 2 aromatic rings. The lowest BCUT2D eigenvalue weighted by atomic mass is 10.2. The summed E-state index contributed by atoms with van der Waals surface area (Å²) >= 11 is 5.91. The van der Waals surface area contributed by atoms with Gasteiger partial charge < -0.3 is 9.47 Å². The highest BCUT2D eigenvalue weighted by Gasteiger charge is 2.12. The second-order valence-electron chi connectivity index (χ2n) is 4.30. The first-order valence-electron chi connectivity index (χ1n) is 6.00. The number of carbonyl (C=O) groups excluding carboxylic acids is 1. The minimum absolute atomic E-state index is 0.299. The maximum Gasteiger partial charge on any atom is 0.172 e. The van der Waals surface area contributed by atoms with Gasteiger partial charge in [0.05, 0.1) is 12.7 Å². The van der Waals surface area contributed by atoms with Crippen LogP contribution in [0.15, 0.2) is 30.6 Å². The molecule has 0 bridgehead atoms. The summed E-state index contributed by atoms with van der Waals surface area (Å²) in [4.78, 5) is 15.2. The summed E-state index contributed by atoms with van der Waals surface area (Å²) in [6.07, 6.45) is 4.18. The van der Waals surface area contributed by atoms with Gasteiger partial charge in [-0.05, 0) is 24.6 Å². The monoisotopic (exact) mass is 291 g/mol. The van der Waals surface area contributed by atoms with Crippen molar-refractivity contribution in [1.82, 2.24) is 4.98 Å². The number of aldehydes is 1. The van der Waals surface area contributed by atoms with Crippen molar-refractivity contribution in [2.45, 2.75) is 13.5 Å². The Morgan fingerprint density at radius 1 is 1.30 bits per heavy atom. The van der Waals surface area contributed by atoms with Crippen molar-refractivity contribution in [3.63, 3.8) is 0 Å². The highest BCUT2D eigenvalue weighted by molar-refractivity contribution is 6.31. The Hall–Kier alpha value is -2.07. The summed E-state index contributed by atoms with van der Waals surface area (Å²) in [5.74, 6) is 0.814. The van der Waals surface area contributed by atoms with Crippen LogP contribution in [-0.4, -0.2) is 18.4 Å². The number of carbonyl (C=O) groups is 1. The van der Waals surface area contributed by atoms with Crippen LogP contribution >= 0.6 is 11.6 Å². The Kier molecular flexibility index (Phi) is 4.58. The topological polar surface area (TPSA) is 48.4 Å². The molecule has 0 saturated heterocycles. The Bertz CT molecular complexity index is 629. The number of pyridine rings is 1. The average Bonchev–Trinajstić information content (AvgIpc) is 2.45. The number of hydrogen-bond donors (Lipinski definition) is 0. The zero-order chi connectivity index (χ0) is 14.5. The van der Waals surface area contributed by atoms with E-state index in [0.717, 1.165) is 11.1 Å². The molecule has 0 radical (unpaired) electrons. The molecule has 4 nitrogen and oxygen atoms in total. The molecule has 0 saturated carbocycles. The predicted molar refractivity (Wildman–Crippen MR) is 76.7 cm³/mol. The van der Waals surface area contributed by atoms with Gasteiger partial charge in [0.25, 0.3) is 0 Å². The summed E-state index contributed by atoms with van der Waals surface area (Å²) in [7, 11) is 1.50. The summed E-state index contributed by atoms with van der Waals surface area (Å²) in [6, 6.07) is 5.12. The number of methoxy groups -OCH3 is 1. The van der Waals surface area contributed by atoms with Crippen LogP contribution in [0.1, 0.15) is 21.5 Å². The molecule has 104 valence electrons. The number of nitrogens with zero attached hydrogens (tertiary/aromatic N) is 1. The first-order valence-corrected chi connectivity index (χ1v) is 6.38. The molecule has 0 N–H and O–H groups in total. The van der Waals surface area contributed by atoms with E-state index in [-0.39, 0.29) is 0 Å². The van der Waals surface area contributed by atoms with Crippen LogP contribution in [0.5, 0.6) is 11.5 Å². The molecule has 5 heteroatoms. The third kappa shape index (κ3) is 3.27. The number of rotatable bonds is 5. The Labute approximate surface area is 122 Å². The highest BCUT2D eigenvalue weighted by Crippen LogP contribution is 2.34. The molecule has 0 fully saturated rings. The Morgan fingerprint density at radius 2 is 2.10 bits per heavy atom. The van der Waals surface area contributed by atoms with Crippen molar-refractivity contribution in [1.29, 1.82) is 0 Å². The van der Waals surface area contributed by atoms with E-state index in [1.165, 1.54) is 7.11 Å². The SMILES string of the molecule is COc1cc(Cl)cc(C=O)c1OCc1cncc(C)c1. The molecule has 0 atom stereocenters. The zero-order valence-electron chi connectivity index (χ0n) is 11.2. The van der Waals surface area contributed by atoms with Gasteiger partial charge in [-0.2, -0.15) is 0 Å². The van der Waals surface area contributed by atoms with Crippen LogP contribution in [0.3, 0.4) is 0 Å². The lowest BCUT2D eigenvalue weighted by Gasteiger charge is -2.13. The van der Waals surface area contributed by atoms with E-state index in [4.69, 9.17) is 21.1 Å². The van der Waals surface area contributed by atoms with Crippen molar-refractivity contribution in [3.8, 4) is 11.5 Å². The molecule has 1 aromatic heterocycles. The minimum Gasteiger partial charge on any atom is -0.493 e. The molecule has 0 aliphatic heterocycles. The number of benzene rings is 1. The molecule has 0 aliphatic rings. The van der Waals surface area contributed by atoms with Crippen LogP contribution in [0.25, 0.3) is 0 Å². The van der Waals surface area contributed by atoms with Crippen molar-refractivity contribution in [3.05, 3.63) is 52.3 Å². The van der Waals surface area contributed by atoms with Gasteiger partial charge in [0.15, 0.2) is 17.8 Å². The number of aromatic nitrogens is 1. The smallest absolute Gasteiger partial charge is 0.172 e. The maximum atomic E-state index is 11.1. The standard InChI is InChI=1S/C15H14ClNO3/c1-10-3-11(7-17-6-10)9-20-15-12(8-18)4-13(16)5-14(15)19-2/h3-8H,9H2,1-2H3. The van der Waals surface area contributed by atoms with E-state index in [1.54, 1.807) is 24.5 Å². The second kappa shape index (κ2) is 6.39. The lowest BCUT2D eigenvalue weighted by Crippen LogP contribution is -2.01. The van der Waals surface area contributed by atoms with Gasteiger partial charge in [0.2, 0.25) is 0 Å². The van der Waals surface area contributed by atoms with Gasteiger partial charge in [-0.1, -0.05) is 11.6 Å². The van der Waals surface area contributed by atoms with Crippen LogP contribution in [0, 0.1) is 6.92 Å². The van der Waals surface area contributed by atoms with Crippen LogP contribution in [0.4, 0.5) is 0 Å². The summed E-state index contributed by atoms with van der Waals surface area (Å²) in [5.41, 5.74) is 2.32. The fourth-order valence-corrected chi connectivity index (χ4v) is 2.05. The summed E-state index contributed by atoms with van der Waals surface area (Å²) in [6.45, 7) is 2.25. The van der Waals surface area contributed by atoms with E-state index < -0.39 is 0 Å². The molecule has 0 aliphatic carbocycles. The molecular weight excluding hydrogens is 278 g/mol. The third-order valence-electron chi connectivity index (χ3n) is 2.71. The third-order valence-corrected chi connectivity index (χ3v) is 2.93. The molecule has 0 unspecified atom stereocenters. The second-order valence-corrected chi connectivity index (χ2v) is 4.74. The molecular formula is C15H14ClNO3.